The van der Waals surface area contributed by atoms with E-state index in [9.17, 15) is 37.1 Å². The zero-order chi connectivity index (χ0) is 24.6. The molecular formula is C22H23F4N3O4. The van der Waals surface area contributed by atoms with Crippen molar-refractivity contribution >= 4 is 11.8 Å². The van der Waals surface area contributed by atoms with E-state index in [1.165, 1.54) is 9.47 Å². The summed E-state index contributed by atoms with van der Waals surface area (Å²) >= 11 is 0. The molecule has 2 N–H and O–H groups in total. The van der Waals surface area contributed by atoms with Gasteiger partial charge in [0.1, 0.15) is 29.2 Å². The second-order valence-electron chi connectivity index (χ2n) is 8.20. The maximum atomic E-state index is 14.1. The molecule has 1 aromatic rings. The van der Waals surface area contributed by atoms with Crippen molar-refractivity contribution in [2.45, 2.75) is 39.0 Å². The standard InChI is InChI=1S/C22H23F4N3O4/c1-10-4-13-7-28-8-15(19(30)20(31)18(28)22(33)29(13)9-17(10)26)21(32)27-6-14(12(3)24)16(25)5-11(2)23/h5,8,10,13,17,31H,2,4,6-7,9H2,1,3H3,(H,27,32)/b14-12+,16-5+/t10-,13+,17-/m0/s1. The predicted octanol–water partition coefficient (Wildman–Crippen LogP) is 3.07. The van der Waals surface area contributed by atoms with Gasteiger partial charge in [0.15, 0.2) is 11.4 Å². The molecule has 7 nitrogen and oxygen atoms in total. The first-order valence-corrected chi connectivity index (χ1v) is 10.2. The lowest BCUT2D eigenvalue weighted by atomic mass is 9.89. The number of carbonyl (C=O) groups excluding carboxylic acids is 2. The fraction of sp³-hybridized carbons (Fsp3) is 0.409. The van der Waals surface area contributed by atoms with Crippen LogP contribution in [0.2, 0.25) is 0 Å². The number of amides is 2. The van der Waals surface area contributed by atoms with E-state index in [-0.39, 0.29) is 30.7 Å². The molecule has 0 aromatic carbocycles. The molecule has 2 aliphatic rings. The van der Waals surface area contributed by atoms with Crippen LogP contribution in [0.3, 0.4) is 0 Å². The predicted molar refractivity (Wildman–Crippen MR) is 111 cm³/mol. The average Bonchev–Trinajstić information content (AvgIpc) is 2.71. The van der Waals surface area contributed by atoms with E-state index < -0.39 is 64.3 Å². The van der Waals surface area contributed by atoms with Gasteiger partial charge in [-0.15, -0.1) is 0 Å². The summed E-state index contributed by atoms with van der Waals surface area (Å²) in [5, 5.41) is 12.5. The monoisotopic (exact) mass is 469 g/mol. The normalized spacial score (nSPS) is 23.5. The Hall–Kier alpha value is -3.37. The van der Waals surface area contributed by atoms with Gasteiger partial charge in [-0.25, -0.2) is 17.6 Å². The third kappa shape index (κ3) is 4.71. The Morgan fingerprint density at radius 1 is 1.30 bits per heavy atom. The van der Waals surface area contributed by atoms with Crippen LogP contribution in [0.25, 0.3) is 0 Å². The highest BCUT2D eigenvalue weighted by molar-refractivity contribution is 5.99. The Balaban J connectivity index is 1.90. The Bertz CT molecular complexity index is 1140. The maximum Gasteiger partial charge on any atom is 0.274 e. The molecule has 178 valence electrons. The summed E-state index contributed by atoms with van der Waals surface area (Å²) in [6, 6.07) is -0.387. The quantitative estimate of drug-likeness (QED) is 0.512. The van der Waals surface area contributed by atoms with Gasteiger partial charge >= 0.3 is 0 Å². The molecule has 0 bridgehead atoms. The van der Waals surface area contributed by atoms with Crippen molar-refractivity contribution in [3.8, 4) is 5.75 Å². The van der Waals surface area contributed by atoms with Gasteiger partial charge in [-0.05, 0) is 19.3 Å². The smallest absolute Gasteiger partial charge is 0.274 e. The molecule has 0 radical (unpaired) electrons. The fourth-order valence-corrected chi connectivity index (χ4v) is 4.05. The molecule has 3 heterocycles. The number of aromatic nitrogens is 1. The molecule has 2 amide bonds. The van der Waals surface area contributed by atoms with E-state index in [2.05, 4.69) is 11.9 Å². The molecule has 1 saturated heterocycles. The Morgan fingerprint density at radius 3 is 2.58 bits per heavy atom. The molecule has 2 aliphatic heterocycles. The van der Waals surface area contributed by atoms with Crippen LogP contribution >= 0.6 is 0 Å². The Kier molecular flexibility index (Phi) is 6.80. The highest BCUT2D eigenvalue weighted by atomic mass is 19.1. The number of nitrogens with one attached hydrogen (secondary N) is 1. The van der Waals surface area contributed by atoms with E-state index >= 15 is 0 Å². The summed E-state index contributed by atoms with van der Waals surface area (Å²) in [6.07, 6.45) is 0.543. The number of pyridine rings is 1. The lowest BCUT2D eigenvalue weighted by molar-refractivity contribution is 0.0200. The van der Waals surface area contributed by atoms with Gasteiger partial charge in [-0.1, -0.05) is 13.5 Å². The van der Waals surface area contributed by atoms with Gasteiger partial charge in [-0.3, -0.25) is 14.4 Å². The van der Waals surface area contributed by atoms with Crippen LogP contribution in [-0.4, -0.2) is 51.7 Å². The molecule has 11 heteroatoms. The summed E-state index contributed by atoms with van der Waals surface area (Å²) in [5.41, 5.74) is -2.74. The number of nitrogens with zero attached hydrogens (tertiary/aromatic N) is 2. The topological polar surface area (TPSA) is 91.6 Å². The first-order chi connectivity index (χ1) is 15.4. The molecule has 0 aliphatic carbocycles. The van der Waals surface area contributed by atoms with Crippen molar-refractivity contribution in [1.82, 2.24) is 14.8 Å². The minimum absolute atomic E-state index is 0.122. The van der Waals surface area contributed by atoms with Crippen LogP contribution in [0, 0.1) is 5.92 Å². The third-order valence-corrected chi connectivity index (χ3v) is 5.86. The number of aromatic hydroxyl groups is 1. The Morgan fingerprint density at radius 2 is 1.97 bits per heavy atom. The molecule has 33 heavy (non-hydrogen) atoms. The Labute approximate surface area is 186 Å². The first kappa shape index (κ1) is 24.3. The molecule has 3 rings (SSSR count). The van der Waals surface area contributed by atoms with Gasteiger partial charge in [0.05, 0.1) is 12.6 Å². The van der Waals surface area contributed by atoms with Crippen molar-refractivity contribution in [1.29, 1.82) is 0 Å². The van der Waals surface area contributed by atoms with Crippen molar-refractivity contribution in [3.63, 3.8) is 0 Å². The summed E-state index contributed by atoms with van der Waals surface area (Å²) in [7, 11) is 0. The lowest BCUT2D eigenvalue weighted by Crippen LogP contribution is -2.56. The minimum atomic E-state index is -1.30. The van der Waals surface area contributed by atoms with Crippen LogP contribution in [0.4, 0.5) is 17.6 Å². The van der Waals surface area contributed by atoms with Crippen LogP contribution < -0.4 is 10.7 Å². The second kappa shape index (κ2) is 9.24. The molecule has 1 aromatic heterocycles. The maximum absolute atomic E-state index is 14.1. The van der Waals surface area contributed by atoms with Crippen LogP contribution in [0.15, 0.2) is 46.7 Å². The van der Waals surface area contributed by atoms with Gasteiger partial charge in [0.25, 0.3) is 11.8 Å². The van der Waals surface area contributed by atoms with Gasteiger partial charge in [-0.2, -0.15) is 0 Å². The highest BCUT2D eigenvalue weighted by Gasteiger charge is 2.42. The SMILES string of the molecule is C=C(F)/C=C(F)\C(CNC(=O)c1cn2c(c(O)c1=O)C(=O)N1C[C@H](F)[C@@H](C)C[C@@H]1C2)=C(/C)F. The number of halogens is 4. The van der Waals surface area contributed by atoms with E-state index in [0.29, 0.717) is 12.5 Å². The third-order valence-electron chi connectivity index (χ3n) is 5.86. The van der Waals surface area contributed by atoms with Gasteiger partial charge in [0, 0.05) is 30.9 Å². The number of rotatable bonds is 5. The number of hydrogen-bond acceptors (Lipinski definition) is 4. The largest absolute Gasteiger partial charge is 0.503 e. The van der Waals surface area contributed by atoms with E-state index in [1.807, 2.05) is 0 Å². The number of carbonyl (C=O) groups is 2. The van der Waals surface area contributed by atoms with E-state index in [4.69, 9.17) is 0 Å². The molecule has 0 spiro atoms. The second-order valence-corrected chi connectivity index (χ2v) is 8.20. The van der Waals surface area contributed by atoms with E-state index in [1.54, 1.807) is 6.92 Å². The lowest BCUT2D eigenvalue weighted by Gasteiger charge is -2.44. The number of piperidine rings is 1. The van der Waals surface area contributed by atoms with E-state index in [0.717, 1.165) is 13.1 Å². The van der Waals surface area contributed by atoms with Crippen LogP contribution in [0.1, 0.15) is 41.1 Å². The van der Waals surface area contributed by atoms with Crippen molar-refractivity contribution < 1.29 is 32.3 Å². The van der Waals surface area contributed by atoms with Crippen molar-refractivity contribution in [3.05, 3.63) is 63.4 Å². The number of allylic oxidation sites excluding steroid dienone is 3. The van der Waals surface area contributed by atoms with Crippen molar-refractivity contribution in [2.24, 2.45) is 5.92 Å². The molecule has 0 unspecified atom stereocenters. The summed E-state index contributed by atoms with van der Waals surface area (Å²) < 4.78 is 55.9. The van der Waals surface area contributed by atoms with Crippen molar-refractivity contribution in [2.75, 3.05) is 13.1 Å². The summed E-state index contributed by atoms with van der Waals surface area (Å²) in [5.74, 6) is -6.54. The summed E-state index contributed by atoms with van der Waals surface area (Å²) in [4.78, 5) is 39.2. The first-order valence-electron chi connectivity index (χ1n) is 10.2. The minimum Gasteiger partial charge on any atom is -0.503 e. The fourth-order valence-electron chi connectivity index (χ4n) is 4.05. The van der Waals surface area contributed by atoms with Gasteiger partial charge < -0.3 is 19.9 Å². The molecule has 3 atom stereocenters. The molecule has 1 fully saturated rings. The zero-order valence-electron chi connectivity index (χ0n) is 18.0. The molecular weight excluding hydrogens is 446 g/mol. The zero-order valence-corrected chi connectivity index (χ0v) is 18.0. The van der Waals surface area contributed by atoms with Gasteiger partial charge in [0.2, 0.25) is 5.43 Å². The average molecular weight is 469 g/mol. The number of hydrogen-bond donors (Lipinski definition) is 2. The molecule has 0 saturated carbocycles. The number of alkyl halides is 1. The van der Waals surface area contributed by atoms with Crippen LogP contribution in [0.5, 0.6) is 5.75 Å². The van der Waals surface area contributed by atoms with Crippen LogP contribution in [-0.2, 0) is 6.54 Å². The number of fused-ring (bicyclic) bond motifs is 2. The summed E-state index contributed by atoms with van der Waals surface area (Å²) in [6.45, 7) is 4.70. The highest BCUT2D eigenvalue weighted by Crippen LogP contribution is 2.32.